The van der Waals surface area contributed by atoms with Crippen molar-refractivity contribution in [1.29, 1.82) is 0 Å². The molecule has 2 rings (SSSR count). The maximum Gasteiger partial charge on any atom is 0.234 e. The fraction of sp³-hybridized carbons (Fsp3) is 0.600. The van der Waals surface area contributed by atoms with Crippen LogP contribution in [0.25, 0.3) is 0 Å². The van der Waals surface area contributed by atoms with Crippen LogP contribution in [0.4, 0.5) is 0 Å². The fourth-order valence-corrected chi connectivity index (χ4v) is 3.33. The highest BCUT2D eigenvalue weighted by molar-refractivity contribution is 5.81. The van der Waals surface area contributed by atoms with Crippen LogP contribution in [0.2, 0.25) is 0 Å². The molecule has 0 bridgehead atoms. The summed E-state index contributed by atoms with van der Waals surface area (Å²) < 4.78 is 0. The van der Waals surface area contributed by atoms with E-state index in [2.05, 4.69) is 28.8 Å². The van der Waals surface area contributed by atoms with Crippen LogP contribution in [0, 0.1) is 0 Å². The maximum atomic E-state index is 12.3. The molecule has 2 amide bonds. The molecule has 0 saturated carbocycles. The number of rotatable bonds is 8. The van der Waals surface area contributed by atoms with Crippen molar-refractivity contribution in [3.05, 3.63) is 34.9 Å². The molecular formula is C20H31N3O2. The summed E-state index contributed by atoms with van der Waals surface area (Å²) in [6, 6.07) is 6.55. The topological polar surface area (TPSA) is 61.4 Å². The van der Waals surface area contributed by atoms with Gasteiger partial charge in [-0.25, -0.2) is 0 Å². The van der Waals surface area contributed by atoms with E-state index in [4.69, 9.17) is 0 Å². The van der Waals surface area contributed by atoms with Crippen molar-refractivity contribution in [3.8, 4) is 0 Å². The molecule has 138 valence electrons. The lowest BCUT2D eigenvalue weighted by molar-refractivity contribution is -0.125. The Labute approximate surface area is 151 Å². The minimum atomic E-state index is -0.0450. The Kier molecular flexibility index (Phi) is 7.44. The average molecular weight is 345 g/mol. The highest BCUT2D eigenvalue weighted by atomic mass is 16.2. The summed E-state index contributed by atoms with van der Waals surface area (Å²) >= 11 is 0. The van der Waals surface area contributed by atoms with Crippen LogP contribution in [-0.2, 0) is 22.4 Å². The second-order valence-corrected chi connectivity index (χ2v) is 6.78. The maximum absolute atomic E-state index is 12.3. The van der Waals surface area contributed by atoms with Crippen LogP contribution in [0.5, 0.6) is 0 Å². The molecule has 1 atom stereocenters. The molecule has 1 aromatic rings. The normalized spacial score (nSPS) is 14.7. The van der Waals surface area contributed by atoms with E-state index in [1.807, 2.05) is 25.7 Å². The van der Waals surface area contributed by atoms with Crippen molar-refractivity contribution in [2.75, 3.05) is 26.2 Å². The Morgan fingerprint density at radius 3 is 2.44 bits per heavy atom. The summed E-state index contributed by atoms with van der Waals surface area (Å²) in [5.41, 5.74) is 4.03. The van der Waals surface area contributed by atoms with E-state index in [1.165, 1.54) is 30.4 Å². The lowest BCUT2D eigenvalue weighted by Gasteiger charge is -2.22. The van der Waals surface area contributed by atoms with Crippen molar-refractivity contribution in [3.63, 3.8) is 0 Å². The summed E-state index contributed by atoms with van der Waals surface area (Å²) in [5, 5.41) is 5.83. The first-order valence-electron chi connectivity index (χ1n) is 9.43. The molecule has 5 nitrogen and oxygen atoms in total. The third-order valence-corrected chi connectivity index (χ3v) is 4.81. The van der Waals surface area contributed by atoms with Crippen molar-refractivity contribution in [2.45, 2.75) is 52.5 Å². The zero-order chi connectivity index (χ0) is 18.2. The van der Waals surface area contributed by atoms with Gasteiger partial charge in [0.15, 0.2) is 0 Å². The van der Waals surface area contributed by atoms with Crippen LogP contribution < -0.4 is 10.6 Å². The molecule has 0 radical (unpaired) electrons. The van der Waals surface area contributed by atoms with Crippen LogP contribution in [0.1, 0.15) is 56.3 Å². The van der Waals surface area contributed by atoms with Crippen LogP contribution in [0.3, 0.4) is 0 Å². The summed E-state index contributed by atoms with van der Waals surface area (Å²) in [6.45, 7) is 7.63. The van der Waals surface area contributed by atoms with Crippen LogP contribution in [-0.4, -0.2) is 42.9 Å². The fourth-order valence-electron chi connectivity index (χ4n) is 3.33. The van der Waals surface area contributed by atoms with Crippen LogP contribution in [0.15, 0.2) is 18.2 Å². The average Bonchev–Trinajstić information content (AvgIpc) is 2.60. The minimum Gasteiger partial charge on any atom is -0.355 e. The number of carbonyl (C=O) groups is 2. The van der Waals surface area contributed by atoms with Gasteiger partial charge in [0.1, 0.15) is 0 Å². The molecular weight excluding hydrogens is 314 g/mol. The SMILES string of the molecule is CCNC(=O)CN(CC)CC(=O)NC(C)c1ccc2c(c1)CCCC2. The zero-order valence-electron chi connectivity index (χ0n) is 15.7. The smallest absolute Gasteiger partial charge is 0.234 e. The summed E-state index contributed by atoms with van der Waals surface area (Å²) in [6.07, 6.45) is 4.83. The van der Waals surface area contributed by atoms with Crippen molar-refractivity contribution >= 4 is 11.8 Å². The van der Waals surface area contributed by atoms with Gasteiger partial charge in [0.05, 0.1) is 19.1 Å². The van der Waals surface area contributed by atoms with Gasteiger partial charge in [0.25, 0.3) is 0 Å². The second-order valence-electron chi connectivity index (χ2n) is 6.78. The zero-order valence-corrected chi connectivity index (χ0v) is 15.7. The number of hydrogen-bond acceptors (Lipinski definition) is 3. The molecule has 1 aromatic carbocycles. The van der Waals surface area contributed by atoms with E-state index in [1.54, 1.807) is 0 Å². The van der Waals surface area contributed by atoms with Gasteiger partial charge in [-0.3, -0.25) is 14.5 Å². The monoisotopic (exact) mass is 345 g/mol. The van der Waals surface area contributed by atoms with Gasteiger partial charge in [0, 0.05) is 6.54 Å². The van der Waals surface area contributed by atoms with E-state index < -0.39 is 0 Å². The Morgan fingerprint density at radius 1 is 1.08 bits per heavy atom. The molecule has 0 aliphatic heterocycles. The second kappa shape index (κ2) is 9.56. The molecule has 0 saturated heterocycles. The number of amides is 2. The Balaban J connectivity index is 1.89. The van der Waals surface area contributed by atoms with Crippen molar-refractivity contribution in [1.82, 2.24) is 15.5 Å². The van der Waals surface area contributed by atoms with E-state index in [9.17, 15) is 9.59 Å². The quantitative estimate of drug-likeness (QED) is 0.759. The Morgan fingerprint density at radius 2 is 1.76 bits per heavy atom. The summed E-state index contributed by atoms with van der Waals surface area (Å²) in [4.78, 5) is 25.9. The number of likely N-dealkylation sites (N-methyl/N-ethyl adjacent to an activating group) is 2. The first-order valence-corrected chi connectivity index (χ1v) is 9.43. The molecule has 0 spiro atoms. The largest absolute Gasteiger partial charge is 0.355 e. The van der Waals surface area contributed by atoms with Gasteiger partial charge >= 0.3 is 0 Å². The van der Waals surface area contributed by atoms with Crippen molar-refractivity contribution < 1.29 is 9.59 Å². The highest BCUT2D eigenvalue weighted by Gasteiger charge is 2.16. The highest BCUT2D eigenvalue weighted by Crippen LogP contribution is 2.24. The number of fused-ring (bicyclic) bond motifs is 1. The van der Waals surface area contributed by atoms with Crippen molar-refractivity contribution in [2.24, 2.45) is 0 Å². The number of carbonyl (C=O) groups excluding carboxylic acids is 2. The number of nitrogens with one attached hydrogen (secondary N) is 2. The minimum absolute atomic E-state index is 0.0251. The lowest BCUT2D eigenvalue weighted by Crippen LogP contribution is -2.43. The van der Waals surface area contributed by atoms with Gasteiger partial charge in [-0.1, -0.05) is 25.1 Å². The van der Waals surface area contributed by atoms with E-state index in [-0.39, 0.29) is 30.9 Å². The predicted molar refractivity (Wildman–Crippen MR) is 100 cm³/mol. The molecule has 0 aromatic heterocycles. The van der Waals surface area contributed by atoms with E-state index in [0.717, 1.165) is 12.0 Å². The molecule has 0 heterocycles. The molecule has 1 unspecified atom stereocenters. The van der Waals surface area contributed by atoms with E-state index >= 15 is 0 Å². The molecule has 2 N–H and O–H groups in total. The first-order chi connectivity index (χ1) is 12.0. The first kappa shape index (κ1) is 19.4. The van der Waals surface area contributed by atoms with Gasteiger partial charge in [0.2, 0.25) is 11.8 Å². The summed E-state index contributed by atoms with van der Waals surface area (Å²) in [7, 11) is 0. The number of nitrogens with zero attached hydrogens (tertiary/aromatic N) is 1. The number of benzene rings is 1. The molecule has 1 aliphatic rings. The lowest BCUT2D eigenvalue weighted by atomic mass is 9.89. The molecule has 0 fully saturated rings. The third-order valence-electron chi connectivity index (χ3n) is 4.81. The number of hydrogen-bond donors (Lipinski definition) is 2. The van der Waals surface area contributed by atoms with E-state index in [0.29, 0.717) is 13.1 Å². The third kappa shape index (κ3) is 5.85. The standard InChI is InChI=1S/C20H31N3O2/c1-4-21-19(24)13-23(5-2)14-20(25)22-15(3)17-11-10-16-8-6-7-9-18(16)12-17/h10-12,15H,4-9,13-14H2,1-3H3,(H,21,24)(H,22,25). The van der Waals surface area contributed by atoms with Crippen LogP contribution >= 0.6 is 0 Å². The molecule has 1 aliphatic carbocycles. The molecule has 25 heavy (non-hydrogen) atoms. The van der Waals surface area contributed by atoms with Gasteiger partial charge in [-0.05, 0) is 62.8 Å². The Hall–Kier alpha value is -1.88. The van der Waals surface area contributed by atoms with Gasteiger partial charge in [-0.2, -0.15) is 0 Å². The number of aryl methyl sites for hydroxylation is 2. The molecule has 5 heteroatoms. The Bertz CT molecular complexity index is 601. The van der Waals surface area contributed by atoms with Gasteiger partial charge < -0.3 is 10.6 Å². The summed E-state index contributed by atoms with van der Waals surface area (Å²) in [5.74, 6) is -0.0868. The van der Waals surface area contributed by atoms with Gasteiger partial charge in [-0.15, -0.1) is 0 Å². The predicted octanol–water partition coefficient (Wildman–Crippen LogP) is 2.20.